The lowest BCUT2D eigenvalue weighted by Crippen LogP contribution is -2.49. The number of piperazine rings is 1. The second kappa shape index (κ2) is 11.1. The highest BCUT2D eigenvalue weighted by molar-refractivity contribution is 6.30. The minimum atomic E-state index is -4.84. The smallest absolute Gasteiger partial charge is 0.380 e. The number of likely N-dealkylation sites (tertiary alicyclic amines) is 1. The van der Waals surface area contributed by atoms with Crippen molar-refractivity contribution < 1.29 is 22.9 Å². The van der Waals surface area contributed by atoms with Crippen LogP contribution in [0.4, 0.5) is 30.2 Å². The Bertz CT molecular complexity index is 1120. The maximum atomic E-state index is 13.3. The normalized spacial score (nSPS) is 19.6. The fourth-order valence-electron chi connectivity index (χ4n) is 4.94. The van der Waals surface area contributed by atoms with E-state index in [4.69, 9.17) is 11.6 Å². The number of hydrogen-bond acceptors (Lipinski definition) is 6. The molecule has 2 aromatic rings. The Kier molecular flexibility index (Phi) is 8.13. The van der Waals surface area contributed by atoms with Gasteiger partial charge in [-0.3, -0.25) is 19.8 Å². The van der Waals surface area contributed by atoms with E-state index in [-0.39, 0.29) is 23.6 Å². The summed E-state index contributed by atoms with van der Waals surface area (Å²) < 4.78 is 39.8. The first-order valence-corrected chi connectivity index (χ1v) is 12.5. The molecule has 1 N–H and O–H groups in total. The zero-order valence-corrected chi connectivity index (χ0v) is 21.1. The van der Waals surface area contributed by atoms with Crippen LogP contribution in [0.5, 0.6) is 0 Å². The van der Waals surface area contributed by atoms with E-state index in [1.165, 1.54) is 6.07 Å². The van der Waals surface area contributed by atoms with Gasteiger partial charge in [-0.05, 0) is 42.8 Å². The van der Waals surface area contributed by atoms with E-state index in [0.29, 0.717) is 31.1 Å². The summed E-state index contributed by atoms with van der Waals surface area (Å²) in [5.41, 5.74) is -1.01. The van der Waals surface area contributed by atoms with Crippen molar-refractivity contribution in [1.29, 1.82) is 0 Å². The Hall–Kier alpha value is -3.05. The molecule has 0 aliphatic carbocycles. The monoisotopic (exact) mass is 539 g/mol. The van der Waals surface area contributed by atoms with Crippen molar-refractivity contribution in [3.63, 3.8) is 0 Å². The van der Waals surface area contributed by atoms with E-state index in [9.17, 15) is 28.1 Å². The van der Waals surface area contributed by atoms with E-state index in [2.05, 4.69) is 15.1 Å². The Morgan fingerprint density at radius 1 is 1.14 bits per heavy atom. The lowest BCUT2D eigenvalue weighted by molar-refractivity contribution is -0.388. The maximum absolute atomic E-state index is 13.3. The van der Waals surface area contributed by atoms with Crippen molar-refractivity contribution in [2.75, 3.05) is 56.0 Å². The molecule has 2 heterocycles. The first kappa shape index (κ1) is 27.0. The number of nitrogens with zero attached hydrogens (tertiary/aromatic N) is 4. The molecule has 0 aromatic heterocycles. The van der Waals surface area contributed by atoms with Crippen molar-refractivity contribution in [3.8, 4) is 0 Å². The Morgan fingerprint density at radius 2 is 1.81 bits per heavy atom. The number of nitro benzene ring substituents is 1. The van der Waals surface area contributed by atoms with Crippen molar-refractivity contribution in [2.45, 2.75) is 25.6 Å². The van der Waals surface area contributed by atoms with Crippen molar-refractivity contribution in [3.05, 3.63) is 63.2 Å². The third kappa shape index (κ3) is 6.64. The summed E-state index contributed by atoms with van der Waals surface area (Å²) in [7, 11) is 0. The van der Waals surface area contributed by atoms with E-state index < -0.39 is 22.4 Å². The number of hydrogen-bond donors (Lipinski definition) is 1. The van der Waals surface area contributed by atoms with Gasteiger partial charge in [0.1, 0.15) is 5.56 Å². The summed E-state index contributed by atoms with van der Waals surface area (Å²) in [4.78, 5) is 29.3. The van der Waals surface area contributed by atoms with Gasteiger partial charge in [0.25, 0.3) is 5.69 Å². The summed E-state index contributed by atoms with van der Waals surface area (Å²) >= 11 is 5.97. The van der Waals surface area contributed by atoms with Gasteiger partial charge in [-0.2, -0.15) is 13.2 Å². The minimum absolute atomic E-state index is 0.0177. The fourth-order valence-corrected chi connectivity index (χ4v) is 5.07. The van der Waals surface area contributed by atoms with Crippen molar-refractivity contribution >= 4 is 34.6 Å². The predicted molar refractivity (Wildman–Crippen MR) is 136 cm³/mol. The van der Waals surface area contributed by atoms with Crippen LogP contribution < -0.4 is 10.2 Å². The molecular formula is C25H29ClF3N5O3. The summed E-state index contributed by atoms with van der Waals surface area (Å²) in [5.74, 6) is -0.193. The lowest BCUT2D eigenvalue weighted by Gasteiger charge is -2.37. The molecular weight excluding hydrogens is 511 g/mol. The van der Waals surface area contributed by atoms with Crippen LogP contribution in [0.1, 0.15) is 18.9 Å². The summed E-state index contributed by atoms with van der Waals surface area (Å²) in [6, 6.07) is 10.4. The Balaban J connectivity index is 1.27. The number of carbonyl (C=O) groups excluding carboxylic acids is 1. The highest BCUT2D eigenvalue weighted by Crippen LogP contribution is 2.38. The number of alkyl halides is 3. The van der Waals surface area contributed by atoms with Crippen LogP contribution in [-0.4, -0.2) is 72.5 Å². The molecule has 2 aliphatic rings. The molecule has 0 spiro atoms. The number of amides is 1. The third-order valence-corrected chi connectivity index (χ3v) is 7.14. The molecule has 2 saturated heterocycles. The van der Waals surface area contributed by atoms with E-state index in [1.54, 1.807) is 4.90 Å². The van der Waals surface area contributed by atoms with Gasteiger partial charge in [0.05, 0.1) is 4.92 Å². The van der Waals surface area contributed by atoms with Crippen LogP contribution in [0.15, 0.2) is 42.5 Å². The van der Waals surface area contributed by atoms with Gasteiger partial charge in [-0.15, -0.1) is 0 Å². The molecule has 0 saturated carbocycles. The van der Waals surface area contributed by atoms with Gasteiger partial charge in [-0.25, -0.2) is 0 Å². The van der Waals surface area contributed by atoms with E-state index >= 15 is 0 Å². The van der Waals surface area contributed by atoms with Crippen LogP contribution in [0, 0.1) is 16.0 Å². The molecule has 4 rings (SSSR count). The predicted octanol–water partition coefficient (Wildman–Crippen LogP) is 4.74. The Morgan fingerprint density at radius 3 is 2.43 bits per heavy atom. The summed E-state index contributed by atoms with van der Waals surface area (Å²) in [6.07, 6.45) is -4.26. The molecule has 200 valence electrons. The van der Waals surface area contributed by atoms with Gasteiger partial charge in [0.15, 0.2) is 0 Å². The maximum Gasteiger partial charge on any atom is 0.423 e. The number of rotatable bonds is 7. The zero-order valence-electron chi connectivity index (χ0n) is 20.4. The molecule has 0 radical (unpaired) electrons. The molecule has 0 bridgehead atoms. The number of carbonyl (C=O) groups is 1. The molecule has 8 nitrogen and oxygen atoms in total. The molecule has 1 amide bonds. The first-order valence-electron chi connectivity index (χ1n) is 12.1. The quantitative estimate of drug-likeness (QED) is 0.404. The summed E-state index contributed by atoms with van der Waals surface area (Å²) in [5, 5.41) is 14.7. The van der Waals surface area contributed by atoms with Crippen LogP contribution in [-0.2, 0) is 11.0 Å². The average Bonchev–Trinajstić information content (AvgIpc) is 3.32. The third-order valence-electron chi connectivity index (χ3n) is 6.89. The SMILES string of the molecule is CC(CN1CCN(c2ccc(Cl)cc2)CC1)C(=O)N1CC[C@@H](Nc2ccc([N+](=O)[O-])c(C(F)(F)F)c2)C1. The van der Waals surface area contributed by atoms with Gasteiger partial charge >= 0.3 is 6.18 Å². The number of anilines is 2. The van der Waals surface area contributed by atoms with Gasteiger partial charge in [0, 0.05) is 80.2 Å². The topological polar surface area (TPSA) is 82.0 Å². The van der Waals surface area contributed by atoms with Gasteiger partial charge < -0.3 is 15.1 Å². The second-order valence-electron chi connectivity index (χ2n) is 9.57. The molecule has 37 heavy (non-hydrogen) atoms. The lowest BCUT2D eigenvalue weighted by atomic mass is 10.1. The number of nitro groups is 1. The number of benzene rings is 2. The van der Waals surface area contributed by atoms with Crippen LogP contribution in [0.3, 0.4) is 0 Å². The Labute approximate surface area is 218 Å². The molecule has 2 aliphatic heterocycles. The van der Waals surface area contributed by atoms with Crippen LogP contribution >= 0.6 is 11.6 Å². The molecule has 12 heteroatoms. The number of halogens is 4. The summed E-state index contributed by atoms with van der Waals surface area (Å²) in [6.45, 7) is 6.80. The minimum Gasteiger partial charge on any atom is -0.380 e. The molecule has 2 atom stereocenters. The average molecular weight is 540 g/mol. The highest BCUT2D eigenvalue weighted by Gasteiger charge is 2.39. The fraction of sp³-hybridized carbons (Fsp3) is 0.480. The molecule has 1 unspecified atom stereocenters. The van der Waals surface area contributed by atoms with E-state index in [1.807, 2.05) is 31.2 Å². The standard InChI is InChI=1S/C25H29ClF3N5O3/c1-17(15-31-10-12-32(13-11-31)21-5-2-18(26)3-6-21)24(35)33-9-8-20(16-33)30-19-4-7-23(34(36)37)22(14-19)25(27,28)29/h2-7,14,17,20,30H,8-13,15-16H2,1H3/t17?,20-/m1/s1. The van der Waals surface area contributed by atoms with Crippen LogP contribution in [0.2, 0.25) is 5.02 Å². The molecule has 2 fully saturated rings. The van der Waals surface area contributed by atoms with E-state index in [0.717, 1.165) is 44.0 Å². The van der Waals surface area contributed by atoms with Crippen LogP contribution in [0.25, 0.3) is 0 Å². The zero-order chi connectivity index (χ0) is 26.7. The first-order chi connectivity index (χ1) is 17.5. The van der Waals surface area contributed by atoms with Crippen molar-refractivity contribution in [1.82, 2.24) is 9.80 Å². The second-order valence-corrected chi connectivity index (χ2v) is 10.0. The highest BCUT2D eigenvalue weighted by atomic mass is 35.5. The largest absolute Gasteiger partial charge is 0.423 e. The van der Waals surface area contributed by atoms with Gasteiger partial charge in [0.2, 0.25) is 5.91 Å². The molecule has 2 aromatic carbocycles. The number of nitrogens with one attached hydrogen (secondary N) is 1. The van der Waals surface area contributed by atoms with Crippen molar-refractivity contribution in [2.24, 2.45) is 5.92 Å². The van der Waals surface area contributed by atoms with Gasteiger partial charge in [-0.1, -0.05) is 18.5 Å².